The quantitative estimate of drug-likeness (QED) is 0.698. The van der Waals surface area contributed by atoms with Gasteiger partial charge in [-0.25, -0.2) is 9.59 Å². The monoisotopic (exact) mass is 227 g/mol. The molecule has 0 radical (unpaired) electrons. The molecule has 2 rings (SSSR count). The van der Waals surface area contributed by atoms with Crippen molar-refractivity contribution in [1.29, 1.82) is 0 Å². The van der Waals surface area contributed by atoms with Gasteiger partial charge in [0.25, 0.3) is 0 Å². The molecular formula is C10H17N3O3. The number of carbonyl (C=O) groups excluding carboxylic acids is 1. The van der Waals surface area contributed by atoms with Crippen LogP contribution in [0.4, 0.5) is 9.59 Å². The lowest BCUT2D eigenvalue weighted by molar-refractivity contribution is 0.0341. The Morgan fingerprint density at radius 2 is 2.12 bits per heavy atom. The van der Waals surface area contributed by atoms with Gasteiger partial charge in [-0.1, -0.05) is 0 Å². The van der Waals surface area contributed by atoms with E-state index in [-0.39, 0.29) is 12.2 Å². The Morgan fingerprint density at radius 3 is 2.81 bits per heavy atom. The average molecular weight is 227 g/mol. The minimum atomic E-state index is -0.928. The van der Waals surface area contributed by atoms with Gasteiger partial charge in [0, 0.05) is 19.6 Å². The minimum Gasteiger partial charge on any atom is -0.465 e. The van der Waals surface area contributed by atoms with Crippen LogP contribution in [0.3, 0.4) is 0 Å². The summed E-state index contributed by atoms with van der Waals surface area (Å²) in [6.07, 6.45) is 2.31. The van der Waals surface area contributed by atoms with E-state index in [1.807, 2.05) is 0 Å². The van der Waals surface area contributed by atoms with Crippen LogP contribution in [0.25, 0.3) is 0 Å². The summed E-state index contributed by atoms with van der Waals surface area (Å²) in [5.41, 5.74) is 0. The summed E-state index contributed by atoms with van der Waals surface area (Å²) in [7, 11) is 0. The largest absolute Gasteiger partial charge is 0.465 e. The number of nitrogens with zero attached hydrogens (tertiary/aromatic N) is 2. The van der Waals surface area contributed by atoms with Crippen LogP contribution in [0.15, 0.2) is 0 Å². The van der Waals surface area contributed by atoms with Crippen LogP contribution in [0.2, 0.25) is 0 Å². The molecule has 2 heterocycles. The van der Waals surface area contributed by atoms with Crippen molar-refractivity contribution in [2.24, 2.45) is 0 Å². The molecular weight excluding hydrogens is 210 g/mol. The highest BCUT2D eigenvalue weighted by molar-refractivity contribution is 5.76. The second-order valence-corrected chi connectivity index (χ2v) is 4.23. The number of nitrogens with one attached hydrogen (secondary N) is 1. The van der Waals surface area contributed by atoms with Gasteiger partial charge < -0.3 is 15.3 Å². The lowest BCUT2D eigenvalue weighted by atomic mass is 10.1. The summed E-state index contributed by atoms with van der Waals surface area (Å²) in [5.74, 6) is 0. The van der Waals surface area contributed by atoms with Gasteiger partial charge in [0.05, 0.1) is 0 Å². The van der Waals surface area contributed by atoms with Crippen LogP contribution in [0.1, 0.15) is 25.7 Å². The van der Waals surface area contributed by atoms with Gasteiger partial charge in [-0.15, -0.1) is 0 Å². The molecule has 0 aliphatic carbocycles. The second-order valence-electron chi connectivity index (χ2n) is 4.23. The predicted molar refractivity (Wildman–Crippen MR) is 57.1 cm³/mol. The molecule has 6 heteroatoms. The fourth-order valence-corrected chi connectivity index (χ4v) is 2.39. The summed E-state index contributed by atoms with van der Waals surface area (Å²) < 4.78 is 0. The molecule has 6 nitrogen and oxygen atoms in total. The fraction of sp³-hybridized carbons (Fsp3) is 0.800. The van der Waals surface area contributed by atoms with E-state index in [0.717, 1.165) is 25.7 Å². The number of amides is 3. The summed E-state index contributed by atoms with van der Waals surface area (Å²) >= 11 is 0. The topological polar surface area (TPSA) is 72.9 Å². The predicted octanol–water partition coefficient (Wildman–Crippen LogP) is 0.892. The minimum absolute atomic E-state index is 0.135. The molecule has 16 heavy (non-hydrogen) atoms. The van der Waals surface area contributed by atoms with Crippen LogP contribution in [0.5, 0.6) is 0 Å². The third-order valence-corrected chi connectivity index (χ3v) is 3.19. The van der Waals surface area contributed by atoms with Crippen LogP contribution in [-0.4, -0.2) is 52.8 Å². The molecule has 2 aliphatic heterocycles. The lowest BCUT2D eigenvalue weighted by Crippen LogP contribution is -2.59. The first-order valence-corrected chi connectivity index (χ1v) is 5.74. The van der Waals surface area contributed by atoms with Crippen LogP contribution in [-0.2, 0) is 0 Å². The SMILES string of the molecule is O=C(O)N1CCCCC1N1CCCNC1=O. The van der Waals surface area contributed by atoms with Crippen molar-refractivity contribution < 1.29 is 14.7 Å². The Labute approximate surface area is 94.2 Å². The van der Waals surface area contributed by atoms with E-state index < -0.39 is 6.09 Å². The molecule has 1 unspecified atom stereocenters. The van der Waals surface area contributed by atoms with Gasteiger partial charge in [0.2, 0.25) is 0 Å². The Morgan fingerprint density at radius 1 is 1.31 bits per heavy atom. The van der Waals surface area contributed by atoms with Gasteiger partial charge in [-0.2, -0.15) is 0 Å². The molecule has 2 fully saturated rings. The number of carboxylic acid groups (broad SMARTS) is 1. The highest BCUT2D eigenvalue weighted by Gasteiger charge is 2.34. The number of rotatable bonds is 1. The summed E-state index contributed by atoms with van der Waals surface area (Å²) in [5, 5.41) is 11.8. The summed E-state index contributed by atoms with van der Waals surface area (Å²) in [6, 6.07) is -0.135. The van der Waals surface area contributed by atoms with E-state index >= 15 is 0 Å². The maximum absolute atomic E-state index is 11.7. The molecule has 0 aromatic rings. The van der Waals surface area contributed by atoms with Crippen LogP contribution < -0.4 is 5.32 Å². The third-order valence-electron chi connectivity index (χ3n) is 3.19. The first-order valence-electron chi connectivity index (χ1n) is 5.74. The van der Waals surface area contributed by atoms with Crippen LogP contribution in [0, 0.1) is 0 Å². The molecule has 0 bridgehead atoms. The van der Waals surface area contributed by atoms with Crippen molar-refractivity contribution in [3.05, 3.63) is 0 Å². The number of hydrogen-bond donors (Lipinski definition) is 2. The van der Waals surface area contributed by atoms with Crippen molar-refractivity contribution >= 4 is 12.1 Å². The lowest BCUT2D eigenvalue weighted by Gasteiger charge is -2.42. The highest BCUT2D eigenvalue weighted by atomic mass is 16.4. The maximum atomic E-state index is 11.7. The number of likely N-dealkylation sites (tertiary alicyclic amines) is 1. The van der Waals surface area contributed by atoms with E-state index in [1.165, 1.54) is 4.90 Å². The zero-order valence-electron chi connectivity index (χ0n) is 9.19. The fourth-order valence-electron chi connectivity index (χ4n) is 2.39. The maximum Gasteiger partial charge on any atom is 0.408 e. The van der Waals surface area contributed by atoms with Crippen molar-refractivity contribution in [3.63, 3.8) is 0 Å². The molecule has 2 saturated heterocycles. The highest BCUT2D eigenvalue weighted by Crippen LogP contribution is 2.21. The molecule has 0 spiro atoms. The molecule has 0 aromatic heterocycles. The van der Waals surface area contributed by atoms with Gasteiger partial charge in [0.1, 0.15) is 6.17 Å². The average Bonchev–Trinajstić information content (AvgIpc) is 2.29. The van der Waals surface area contributed by atoms with E-state index in [4.69, 9.17) is 5.11 Å². The van der Waals surface area contributed by atoms with Gasteiger partial charge >= 0.3 is 12.1 Å². The van der Waals surface area contributed by atoms with E-state index in [1.54, 1.807) is 4.90 Å². The number of carbonyl (C=O) groups is 2. The zero-order chi connectivity index (χ0) is 11.5. The van der Waals surface area contributed by atoms with Crippen LogP contribution >= 0.6 is 0 Å². The van der Waals surface area contributed by atoms with Gasteiger partial charge in [-0.3, -0.25) is 4.90 Å². The van der Waals surface area contributed by atoms with E-state index in [9.17, 15) is 9.59 Å². The normalized spacial score (nSPS) is 26.5. The smallest absolute Gasteiger partial charge is 0.408 e. The first kappa shape index (κ1) is 11.0. The zero-order valence-corrected chi connectivity index (χ0v) is 9.19. The standard InChI is InChI=1S/C10H17N3O3/c14-9-11-5-3-7-12(9)8-4-1-2-6-13(8)10(15)16/h8H,1-7H2,(H,11,14)(H,15,16). The Kier molecular flexibility index (Phi) is 3.17. The molecule has 2 N–H and O–H groups in total. The summed E-state index contributed by atoms with van der Waals surface area (Å²) in [4.78, 5) is 25.8. The Bertz CT molecular complexity index is 295. The van der Waals surface area contributed by atoms with Crippen molar-refractivity contribution in [1.82, 2.24) is 15.1 Å². The molecule has 3 amide bonds. The Balaban J connectivity index is 2.09. The van der Waals surface area contributed by atoms with Gasteiger partial charge in [-0.05, 0) is 25.7 Å². The molecule has 1 atom stereocenters. The molecule has 0 saturated carbocycles. The number of piperidine rings is 1. The van der Waals surface area contributed by atoms with Crippen molar-refractivity contribution in [2.75, 3.05) is 19.6 Å². The van der Waals surface area contributed by atoms with Crippen molar-refractivity contribution in [3.8, 4) is 0 Å². The first-order chi connectivity index (χ1) is 7.70. The number of urea groups is 1. The molecule has 0 aromatic carbocycles. The second kappa shape index (κ2) is 4.59. The molecule has 90 valence electrons. The number of hydrogen-bond acceptors (Lipinski definition) is 2. The van der Waals surface area contributed by atoms with E-state index in [0.29, 0.717) is 19.6 Å². The van der Waals surface area contributed by atoms with Gasteiger partial charge in [0.15, 0.2) is 0 Å². The Hall–Kier alpha value is -1.46. The summed E-state index contributed by atoms with van der Waals surface area (Å²) in [6.45, 7) is 1.87. The molecule has 2 aliphatic rings. The van der Waals surface area contributed by atoms with Crippen molar-refractivity contribution in [2.45, 2.75) is 31.8 Å². The van der Waals surface area contributed by atoms with E-state index in [2.05, 4.69) is 5.32 Å². The third kappa shape index (κ3) is 2.05.